The summed E-state index contributed by atoms with van der Waals surface area (Å²) in [7, 11) is 1.77. The van der Waals surface area contributed by atoms with Crippen LogP contribution in [0.3, 0.4) is 0 Å². The number of carbonyl (C=O) groups excluding carboxylic acids is 2. The summed E-state index contributed by atoms with van der Waals surface area (Å²) in [6.45, 7) is 5.37. The molecule has 1 aliphatic heterocycles. The first-order valence-corrected chi connectivity index (χ1v) is 10.9. The zero-order chi connectivity index (χ0) is 24.3. The Labute approximate surface area is 201 Å². The quantitative estimate of drug-likeness (QED) is 0.394. The van der Waals surface area contributed by atoms with Crippen molar-refractivity contribution >= 4 is 52.3 Å². The molecule has 0 saturated heterocycles. The molecular weight excluding hydrogens is 467 g/mol. The van der Waals surface area contributed by atoms with Gasteiger partial charge in [0.1, 0.15) is 5.82 Å². The molecule has 0 spiro atoms. The average Bonchev–Trinajstić information content (AvgIpc) is 2.74. The molecule has 0 radical (unpaired) electrons. The monoisotopic (exact) mass is 490 g/mol. The summed E-state index contributed by atoms with van der Waals surface area (Å²) in [5, 5.41) is 8.85. The minimum Gasteiger partial charge on any atom is -0.459 e. The average molecular weight is 491 g/mol. The van der Waals surface area contributed by atoms with E-state index in [9.17, 15) is 14.0 Å². The minimum absolute atomic E-state index is 0.0953. The second kappa shape index (κ2) is 10.2. The molecule has 1 heterocycles. The Balaban J connectivity index is 1.84. The standard InChI is InChI=1S/C23H24ClFN4O3S/c1-12(2)32-21(30)19-13(3)29(4)23(33)28-20(19)14-6-5-7-15(10-14)26-22(31)27-16-8-9-18(25)17(24)11-16/h5-12,20H,1-4H3,(H,28,33)(H2,26,27,31)/t20-/m1/s1. The number of amides is 2. The highest BCUT2D eigenvalue weighted by molar-refractivity contribution is 7.80. The normalized spacial score (nSPS) is 15.9. The number of halogens is 2. The van der Waals surface area contributed by atoms with E-state index in [0.717, 1.165) is 0 Å². The van der Waals surface area contributed by atoms with Gasteiger partial charge in [0.25, 0.3) is 0 Å². The van der Waals surface area contributed by atoms with Crippen molar-refractivity contribution in [3.05, 3.63) is 70.1 Å². The van der Waals surface area contributed by atoms with Gasteiger partial charge < -0.3 is 25.6 Å². The van der Waals surface area contributed by atoms with E-state index < -0.39 is 23.9 Å². The van der Waals surface area contributed by atoms with Gasteiger partial charge in [-0.15, -0.1) is 0 Å². The molecule has 2 aromatic carbocycles. The number of benzene rings is 2. The number of esters is 1. The summed E-state index contributed by atoms with van der Waals surface area (Å²) in [6, 6.07) is 9.81. The van der Waals surface area contributed by atoms with Crippen LogP contribution in [-0.4, -0.2) is 35.2 Å². The fourth-order valence-corrected chi connectivity index (χ4v) is 3.73. The lowest BCUT2D eigenvalue weighted by atomic mass is 9.94. The highest BCUT2D eigenvalue weighted by Crippen LogP contribution is 2.32. The Morgan fingerprint density at radius 3 is 2.48 bits per heavy atom. The molecule has 2 aromatic rings. The second-order valence-electron chi connectivity index (χ2n) is 7.73. The molecular formula is C23H24ClFN4O3S. The number of nitrogens with zero attached hydrogens (tertiary/aromatic N) is 1. The van der Waals surface area contributed by atoms with Crippen molar-refractivity contribution in [2.45, 2.75) is 32.9 Å². The van der Waals surface area contributed by atoms with Crippen molar-refractivity contribution in [2.24, 2.45) is 0 Å². The highest BCUT2D eigenvalue weighted by Gasteiger charge is 2.34. The molecule has 0 unspecified atom stereocenters. The van der Waals surface area contributed by atoms with Crippen LogP contribution in [-0.2, 0) is 9.53 Å². The van der Waals surface area contributed by atoms with Gasteiger partial charge in [0.05, 0.1) is 22.7 Å². The summed E-state index contributed by atoms with van der Waals surface area (Å²) in [5.41, 5.74) is 2.65. The maximum Gasteiger partial charge on any atom is 0.338 e. The molecule has 0 aliphatic carbocycles. The lowest BCUT2D eigenvalue weighted by Crippen LogP contribution is -2.46. The van der Waals surface area contributed by atoms with E-state index in [4.69, 9.17) is 28.6 Å². The number of anilines is 2. The Morgan fingerprint density at radius 1 is 1.18 bits per heavy atom. The van der Waals surface area contributed by atoms with Crippen molar-refractivity contribution in [3.63, 3.8) is 0 Å². The predicted octanol–water partition coefficient (Wildman–Crippen LogP) is 5.21. The zero-order valence-corrected chi connectivity index (χ0v) is 20.1. The lowest BCUT2D eigenvalue weighted by molar-refractivity contribution is -0.143. The van der Waals surface area contributed by atoms with Gasteiger partial charge in [0, 0.05) is 24.1 Å². The van der Waals surface area contributed by atoms with Crippen LogP contribution >= 0.6 is 23.8 Å². The molecule has 33 heavy (non-hydrogen) atoms. The van der Waals surface area contributed by atoms with Crippen LogP contribution in [0, 0.1) is 5.82 Å². The number of nitrogens with one attached hydrogen (secondary N) is 3. The van der Waals surface area contributed by atoms with Crippen molar-refractivity contribution in [2.75, 3.05) is 17.7 Å². The molecule has 7 nitrogen and oxygen atoms in total. The van der Waals surface area contributed by atoms with Crippen LogP contribution in [0.4, 0.5) is 20.6 Å². The Hall–Kier alpha value is -3.17. The van der Waals surface area contributed by atoms with Gasteiger partial charge in [-0.3, -0.25) is 0 Å². The second-order valence-corrected chi connectivity index (χ2v) is 8.52. The van der Waals surface area contributed by atoms with Gasteiger partial charge in [-0.05, 0) is 68.9 Å². The number of hydrogen-bond acceptors (Lipinski definition) is 4. The fraction of sp³-hybridized carbons (Fsp3) is 0.261. The molecule has 3 N–H and O–H groups in total. The van der Waals surface area contributed by atoms with Gasteiger partial charge in [-0.25, -0.2) is 14.0 Å². The Kier molecular flexibility index (Phi) is 7.55. The van der Waals surface area contributed by atoms with Crippen LogP contribution in [0.2, 0.25) is 5.02 Å². The van der Waals surface area contributed by atoms with E-state index in [0.29, 0.717) is 33.3 Å². The van der Waals surface area contributed by atoms with Crippen molar-refractivity contribution in [3.8, 4) is 0 Å². The first kappa shape index (κ1) is 24.5. The van der Waals surface area contributed by atoms with E-state index in [-0.39, 0.29) is 11.1 Å². The van der Waals surface area contributed by atoms with Crippen LogP contribution in [0.1, 0.15) is 32.4 Å². The lowest BCUT2D eigenvalue weighted by Gasteiger charge is -2.35. The van der Waals surface area contributed by atoms with E-state index in [2.05, 4.69) is 16.0 Å². The van der Waals surface area contributed by atoms with Crippen molar-refractivity contribution < 1.29 is 18.7 Å². The number of carbonyl (C=O) groups is 2. The number of allylic oxidation sites excluding steroid dienone is 1. The molecule has 0 fully saturated rings. The molecule has 0 aromatic heterocycles. The molecule has 2 amide bonds. The molecule has 10 heteroatoms. The minimum atomic E-state index is -0.575. The smallest absolute Gasteiger partial charge is 0.338 e. The maximum atomic E-state index is 13.3. The van der Waals surface area contributed by atoms with Gasteiger partial charge >= 0.3 is 12.0 Å². The molecule has 1 aliphatic rings. The van der Waals surface area contributed by atoms with Gasteiger partial charge in [-0.2, -0.15) is 0 Å². The Bertz CT molecular complexity index is 1140. The van der Waals surface area contributed by atoms with Crippen molar-refractivity contribution in [1.29, 1.82) is 0 Å². The largest absolute Gasteiger partial charge is 0.459 e. The number of hydrogen-bond donors (Lipinski definition) is 3. The van der Waals surface area contributed by atoms with Crippen LogP contribution < -0.4 is 16.0 Å². The number of rotatable bonds is 5. The molecule has 0 bridgehead atoms. The third-order valence-electron chi connectivity index (χ3n) is 4.97. The first-order chi connectivity index (χ1) is 15.6. The molecule has 0 saturated carbocycles. The highest BCUT2D eigenvalue weighted by atomic mass is 35.5. The topological polar surface area (TPSA) is 82.7 Å². The summed E-state index contributed by atoms with van der Waals surface area (Å²) in [6.07, 6.45) is -0.283. The first-order valence-electron chi connectivity index (χ1n) is 10.2. The van der Waals surface area contributed by atoms with E-state index in [1.807, 2.05) is 6.07 Å². The van der Waals surface area contributed by atoms with Crippen LogP contribution in [0.15, 0.2) is 53.7 Å². The number of urea groups is 1. The molecule has 1 atom stereocenters. The van der Waals surface area contributed by atoms with Gasteiger partial charge in [0.15, 0.2) is 5.11 Å². The SMILES string of the molecule is CC1=C(C(=O)OC(C)C)[C@@H](c2cccc(NC(=O)Nc3ccc(F)c(Cl)c3)c2)NC(=S)N1C. The van der Waals surface area contributed by atoms with E-state index in [1.54, 1.807) is 50.9 Å². The zero-order valence-electron chi connectivity index (χ0n) is 18.5. The van der Waals surface area contributed by atoms with Gasteiger partial charge in [0.2, 0.25) is 0 Å². The number of thiocarbonyl (C=S) groups is 1. The molecule has 3 rings (SSSR count). The van der Waals surface area contributed by atoms with Gasteiger partial charge in [-0.1, -0.05) is 23.7 Å². The summed E-state index contributed by atoms with van der Waals surface area (Å²) >= 11 is 11.2. The number of ether oxygens (including phenoxy) is 1. The summed E-state index contributed by atoms with van der Waals surface area (Å²) in [5.74, 6) is -1.02. The Morgan fingerprint density at radius 2 is 1.85 bits per heavy atom. The fourth-order valence-electron chi connectivity index (χ4n) is 3.29. The predicted molar refractivity (Wildman–Crippen MR) is 131 cm³/mol. The summed E-state index contributed by atoms with van der Waals surface area (Å²) < 4.78 is 18.8. The third-order valence-corrected chi connectivity index (χ3v) is 5.65. The summed E-state index contributed by atoms with van der Waals surface area (Å²) in [4.78, 5) is 27.0. The van der Waals surface area contributed by atoms with Crippen molar-refractivity contribution in [1.82, 2.24) is 10.2 Å². The van der Waals surface area contributed by atoms with Crippen LogP contribution in [0.25, 0.3) is 0 Å². The van der Waals surface area contributed by atoms with E-state index >= 15 is 0 Å². The van der Waals surface area contributed by atoms with E-state index in [1.165, 1.54) is 18.2 Å². The molecule has 174 valence electrons. The third kappa shape index (κ3) is 5.80. The van der Waals surface area contributed by atoms with Crippen LogP contribution in [0.5, 0.6) is 0 Å². The maximum absolute atomic E-state index is 13.3.